The summed E-state index contributed by atoms with van der Waals surface area (Å²) in [5.41, 5.74) is 2.94. The lowest BCUT2D eigenvalue weighted by Crippen LogP contribution is -2.15. The van der Waals surface area contributed by atoms with Crippen molar-refractivity contribution in [3.8, 4) is 6.07 Å². The van der Waals surface area contributed by atoms with Crippen molar-refractivity contribution >= 4 is 0 Å². The molecule has 0 radical (unpaired) electrons. The van der Waals surface area contributed by atoms with Crippen LogP contribution in [-0.4, -0.2) is 0 Å². The first-order chi connectivity index (χ1) is 10.8. The Morgan fingerprint density at radius 2 is 1.59 bits per heavy atom. The van der Waals surface area contributed by atoms with Crippen LogP contribution in [0.5, 0.6) is 0 Å². The molecule has 22 heavy (non-hydrogen) atoms. The molecule has 1 aromatic rings. The molecule has 0 amide bonds. The van der Waals surface area contributed by atoms with Crippen molar-refractivity contribution in [1.82, 2.24) is 0 Å². The van der Waals surface area contributed by atoms with Gasteiger partial charge in [0.2, 0.25) is 0 Å². The standard InChI is InChI=1S/C21H29N/c1-2-18-7-9-20(10-8-18)15-16-21-13-11-19(12-14-21)6-4-3-5-17-22/h3,5,7-10,19,21H,2,4,6,11-16H2,1H3/b5-3+/t19-,21-. The van der Waals surface area contributed by atoms with Gasteiger partial charge in [0.25, 0.3) is 0 Å². The predicted octanol–water partition coefficient (Wildman–Crippen LogP) is 5.85. The van der Waals surface area contributed by atoms with Gasteiger partial charge in [-0.2, -0.15) is 5.26 Å². The van der Waals surface area contributed by atoms with Crippen molar-refractivity contribution in [3.63, 3.8) is 0 Å². The van der Waals surface area contributed by atoms with Gasteiger partial charge in [-0.05, 0) is 55.1 Å². The first-order valence-corrected chi connectivity index (χ1v) is 8.94. The number of rotatable bonds is 7. The van der Waals surface area contributed by atoms with Gasteiger partial charge < -0.3 is 0 Å². The molecule has 0 bridgehead atoms. The third kappa shape index (κ3) is 5.68. The molecule has 2 rings (SSSR count). The van der Waals surface area contributed by atoms with Crippen molar-refractivity contribution in [2.75, 3.05) is 0 Å². The van der Waals surface area contributed by atoms with Crippen LogP contribution in [-0.2, 0) is 12.8 Å². The van der Waals surface area contributed by atoms with Crippen LogP contribution in [0.4, 0.5) is 0 Å². The van der Waals surface area contributed by atoms with Crippen LogP contribution in [0.15, 0.2) is 36.4 Å². The molecule has 1 fully saturated rings. The summed E-state index contributed by atoms with van der Waals surface area (Å²) in [5.74, 6) is 1.82. The van der Waals surface area contributed by atoms with Gasteiger partial charge in [0.05, 0.1) is 6.07 Å². The zero-order valence-corrected chi connectivity index (χ0v) is 13.9. The highest BCUT2D eigenvalue weighted by atomic mass is 14.3. The Hall–Kier alpha value is -1.55. The molecule has 1 aliphatic carbocycles. The fourth-order valence-electron chi connectivity index (χ4n) is 3.59. The highest BCUT2D eigenvalue weighted by Gasteiger charge is 2.20. The number of allylic oxidation sites excluding steroid dienone is 2. The molecule has 1 saturated carbocycles. The van der Waals surface area contributed by atoms with Crippen molar-refractivity contribution in [3.05, 3.63) is 47.5 Å². The Kier molecular flexibility index (Phi) is 7.23. The number of aryl methyl sites for hydroxylation is 2. The second-order valence-corrected chi connectivity index (χ2v) is 6.70. The second kappa shape index (κ2) is 9.46. The molecule has 118 valence electrons. The summed E-state index contributed by atoms with van der Waals surface area (Å²) >= 11 is 0. The number of hydrogen-bond donors (Lipinski definition) is 0. The van der Waals surface area contributed by atoms with Crippen molar-refractivity contribution in [2.24, 2.45) is 11.8 Å². The van der Waals surface area contributed by atoms with Gasteiger partial charge in [0.1, 0.15) is 0 Å². The summed E-state index contributed by atoms with van der Waals surface area (Å²) in [6.07, 6.45) is 15.3. The zero-order valence-electron chi connectivity index (χ0n) is 13.9. The van der Waals surface area contributed by atoms with Crippen LogP contribution < -0.4 is 0 Å². The quantitative estimate of drug-likeness (QED) is 0.579. The average molecular weight is 295 g/mol. The first-order valence-electron chi connectivity index (χ1n) is 8.94. The van der Waals surface area contributed by atoms with E-state index in [0.717, 1.165) is 24.7 Å². The fraction of sp³-hybridized carbons (Fsp3) is 0.571. The normalized spacial score (nSPS) is 21.8. The molecule has 0 heterocycles. The highest BCUT2D eigenvalue weighted by molar-refractivity contribution is 5.22. The van der Waals surface area contributed by atoms with Gasteiger partial charge in [0, 0.05) is 6.08 Å². The largest absolute Gasteiger partial charge is 0.193 e. The molecule has 0 aromatic heterocycles. The first kappa shape index (κ1) is 16.8. The molecule has 0 spiro atoms. The minimum Gasteiger partial charge on any atom is -0.193 e. The Labute approximate surface area is 136 Å². The van der Waals surface area contributed by atoms with E-state index in [9.17, 15) is 0 Å². The lowest BCUT2D eigenvalue weighted by molar-refractivity contribution is 0.254. The third-order valence-corrected chi connectivity index (χ3v) is 5.17. The smallest absolute Gasteiger partial charge is 0.0908 e. The van der Waals surface area contributed by atoms with E-state index in [4.69, 9.17) is 5.26 Å². The minimum atomic E-state index is 0.892. The lowest BCUT2D eigenvalue weighted by Gasteiger charge is -2.28. The molecule has 1 heteroatoms. The van der Waals surface area contributed by atoms with E-state index in [0.29, 0.717) is 0 Å². The lowest BCUT2D eigenvalue weighted by atomic mass is 9.78. The van der Waals surface area contributed by atoms with E-state index in [2.05, 4.69) is 37.3 Å². The predicted molar refractivity (Wildman–Crippen MR) is 93.6 cm³/mol. The molecular weight excluding hydrogens is 266 g/mol. The van der Waals surface area contributed by atoms with E-state index in [1.54, 1.807) is 6.08 Å². The van der Waals surface area contributed by atoms with Crippen LogP contribution in [0.1, 0.15) is 63.0 Å². The fourth-order valence-corrected chi connectivity index (χ4v) is 3.59. The Morgan fingerprint density at radius 1 is 1.00 bits per heavy atom. The maximum Gasteiger partial charge on any atom is 0.0908 e. The second-order valence-electron chi connectivity index (χ2n) is 6.70. The molecule has 1 nitrogen and oxygen atoms in total. The third-order valence-electron chi connectivity index (χ3n) is 5.17. The van der Waals surface area contributed by atoms with Crippen LogP contribution in [0.3, 0.4) is 0 Å². The molecule has 0 N–H and O–H groups in total. The van der Waals surface area contributed by atoms with E-state index in [-0.39, 0.29) is 0 Å². The summed E-state index contributed by atoms with van der Waals surface area (Å²) in [5, 5.41) is 8.48. The number of benzene rings is 1. The minimum absolute atomic E-state index is 0.892. The number of nitrogens with zero attached hydrogens (tertiary/aromatic N) is 1. The van der Waals surface area contributed by atoms with Crippen molar-refractivity contribution < 1.29 is 0 Å². The summed E-state index contributed by atoms with van der Waals surface area (Å²) in [4.78, 5) is 0. The molecular formula is C21H29N. The van der Waals surface area contributed by atoms with E-state index in [1.165, 1.54) is 56.1 Å². The maximum absolute atomic E-state index is 8.48. The van der Waals surface area contributed by atoms with Crippen molar-refractivity contribution in [2.45, 2.75) is 64.7 Å². The summed E-state index contributed by atoms with van der Waals surface area (Å²) in [6, 6.07) is 11.3. The van der Waals surface area contributed by atoms with E-state index >= 15 is 0 Å². The van der Waals surface area contributed by atoms with E-state index < -0.39 is 0 Å². The molecule has 1 aliphatic rings. The average Bonchev–Trinajstić information content (AvgIpc) is 2.58. The van der Waals surface area contributed by atoms with Gasteiger partial charge in [-0.15, -0.1) is 0 Å². The van der Waals surface area contributed by atoms with Crippen molar-refractivity contribution in [1.29, 1.82) is 5.26 Å². The topological polar surface area (TPSA) is 23.8 Å². The van der Waals surface area contributed by atoms with Gasteiger partial charge in [-0.25, -0.2) is 0 Å². The molecule has 1 aromatic carbocycles. The Morgan fingerprint density at radius 3 is 2.18 bits per heavy atom. The zero-order chi connectivity index (χ0) is 15.6. The maximum atomic E-state index is 8.48. The molecule has 0 aliphatic heterocycles. The van der Waals surface area contributed by atoms with Gasteiger partial charge in [0.15, 0.2) is 0 Å². The summed E-state index contributed by atoms with van der Waals surface area (Å²) in [6.45, 7) is 2.21. The monoisotopic (exact) mass is 295 g/mol. The van der Waals surface area contributed by atoms with Crippen LogP contribution >= 0.6 is 0 Å². The van der Waals surface area contributed by atoms with Gasteiger partial charge >= 0.3 is 0 Å². The summed E-state index contributed by atoms with van der Waals surface area (Å²) < 4.78 is 0. The van der Waals surface area contributed by atoms with Crippen LogP contribution in [0, 0.1) is 23.2 Å². The molecule has 0 unspecified atom stereocenters. The van der Waals surface area contributed by atoms with Crippen LogP contribution in [0.25, 0.3) is 0 Å². The van der Waals surface area contributed by atoms with Crippen LogP contribution in [0.2, 0.25) is 0 Å². The number of nitriles is 1. The van der Waals surface area contributed by atoms with E-state index in [1.807, 2.05) is 6.08 Å². The Bertz CT molecular complexity index is 484. The number of hydrogen-bond acceptors (Lipinski definition) is 1. The highest BCUT2D eigenvalue weighted by Crippen LogP contribution is 2.34. The van der Waals surface area contributed by atoms with Gasteiger partial charge in [-0.3, -0.25) is 0 Å². The SMILES string of the molecule is CCc1ccc(CC[C@H]2CC[C@H](CC/C=C/C#N)CC2)cc1. The molecule has 0 atom stereocenters. The Balaban J connectivity index is 1.64. The summed E-state index contributed by atoms with van der Waals surface area (Å²) in [7, 11) is 0. The van der Waals surface area contributed by atoms with Gasteiger partial charge in [-0.1, -0.05) is 62.9 Å². The molecule has 0 saturated heterocycles.